The lowest BCUT2D eigenvalue weighted by Crippen LogP contribution is -2.35. The van der Waals surface area contributed by atoms with Crippen molar-refractivity contribution < 1.29 is 8.42 Å². The minimum Gasteiger partial charge on any atom is -0.207 e. The first-order valence-electron chi connectivity index (χ1n) is 8.87. The standard InChI is InChI=1S/C19H21N3O2S2/c1-14-7-5-8-15(13-14)17-10-3-2-4-12-22(17)26(23,24)18-11-6-9-16-19(18)21-25-20-16/h5-9,11,13,17H,2-4,10,12H2,1H3/t17-/m0/s1. The first kappa shape index (κ1) is 17.6. The van der Waals surface area contributed by atoms with Gasteiger partial charge >= 0.3 is 0 Å². The Balaban J connectivity index is 1.83. The Bertz CT molecular complexity index is 1030. The number of sulfonamides is 1. The van der Waals surface area contributed by atoms with Gasteiger partial charge in [-0.15, -0.1) is 0 Å². The van der Waals surface area contributed by atoms with Crippen molar-refractivity contribution in [2.24, 2.45) is 0 Å². The van der Waals surface area contributed by atoms with Crippen molar-refractivity contribution in [3.63, 3.8) is 0 Å². The summed E-state index contributed by atoms with van der Waals surface area (Å²) in [7, 11) is -3.65. The van der Waals surface area contributed by atoms with Gasteiger partial charge < -0.3 is 0 Å². The summed E-state index contributed by atoms with van der Waals surface area (Å²) in [6.45, 7) is 2.58. The monoisotopic (exact) mass is 387 g/mol. The molecule has 1 aromatic heterocycles. The molecule has 2 aromatic carbocycles. The number of aryl methyl sites for hydroxylation is 1. The molecule has 1 aliphatic rings. The molecule has 3 aromatic rings. The summed E-state index contributed by atoms with van der Waals surface area (Å²) in [6, 6.07) is 13.3. The molecule has 0 bridgehead atoms. The summed E-state index contributed by atoms with van der Waals surface area (Å²) in [5.41, 5.74) is 3.33. The molecule has 0 saturated carbocycles. The second kappa shape index (κ2) is 7.06. The van der Waals surface area contributed by atoms with Crippen molar-refractivity contribution in [2.75, 3.05) is 6.54 Å². The quantitative estimate of drug-likeness (QED) is 0.672. The van der Waals surface area contributed by atoms with E-state index in [9.17, 15) is 8.42 Å². The predicted molar refractivity (Wildman–Crippen MR) is 104 cm³/mol. The molecule has 0 spiro atoms. The second-order valence-corrected chi connectivity index (χ2v) is 9.17. The van der Waals surface area contributed by atoms with E-state index < -0.39 is 10.0 Å². The smallest absolute Gasteiger partial charge is 0.207 e. The molecule has 4 rings (SSSR count). The normalized spacial score (nSPS) is 19.5. The van der Waals surface area contributed by atoms with Gasteiger partial charge in [-0.1, -0.05) is 48.7 Å². The third-order valence-corrected chi connectivity index (χ3v) is 7.45. The van der Waals surface area contributed by atoms with E-state index >= 15 is 0 Å². The molecule has 0 radical (unpaired) electrons. The van der Waals surface area contributed by atoms with Crippen LogP contribution in [0.25, 0.3) is 11.0 Å². The molecule has 5 nitrogen and oxygen atoms in total. The Labute approximate surface area is 158 Å². The lowest BCUT2D eigenvalue weighted by Gasteiger charge is -2.29. The molecule has 7 heteroatoms. The van der Waals surface area contributed by atoms with Gasteiger partial charge in [0.25, 0.3) is 0 Å². The fraction of sp³-hybridized carbons (Fsp3) is 0.368. The summed E-state index contributed by atoms with van der Waals surface area (Å²) in [6.07, 6.45) is 3.81. The molecule has 2 heterocycles. The molecule has 0 amide bonds. The fourth-order valence-electron chi connectivity index (χ4n) is 3.70. The molecule has 1 saturated heterocycles. The van der Waals surface area contributed by atoms with E-state index in [1.165, 1.54) is 0 Å². The first-order chi connectivity index (χ1) is 12.6. The highest BCUT2D eigenvalue weighted by atomic mass is 32.2. The highest BCUT2D eigenvalue weighted by Gasteiger charge is 2.35. The minimum atomic E-state index is -3.65. The Hall–Kier alpha value is -1.83. The van der Waals surface area contributed by atoms with Crippen LogP contribution < -0.4 is 0 Å². The number of hydrogen-bond donors (Lipinski definition) is 0. The molecule has 1 atom stereocenters. The SMILES string of the molecule is Cc1cccc([C@@H]2CCCCCN2S(=O)(=O)c2cccc3nsnc23)c1. The van der Waals surface area contributed by atoms with E-state index in [0.717, 1.165) is 48.5 Å². The average Bonchev–Trinajstić information content (AvgIpc) is 2.96. The molecule has 26 heavy (non-hydrogen) atoms. The van der Waals surface area contributed by atoms with Gasteiger partial charge in [0.2, 0.25) is 10.0 Å². The third kappa shape index (κ3) is 3.15. The zero-order valence-electron chi connectivity index (χ0n) is 14.6. The molecule has 0 N–H and O–H groups in total. The zero-order chi connectivity index (χ0) is 18.1. The Kier molecular flexibility index (Phi) is 4.77. The Morgan fingerprint density at radius 2 is 1.92 bits per heavy atom. The third-order valence-electron chi connectivity index (χ3n) is 4.97. The molecule has 0 unspecified atom stereocenters. The summed E-state index contributed by atoms with van der Waals surface area (Å²) in [4.78, 5) is 0.267. The fourth-order valence-corrected chi connectivity index (χ4v) is 6.13. The topological polar surface area (TPSA) is 63.2 Å². The summed E-state index contributed by atoms with van der Waals surface area (Å²) in [5.74, 6) is 0. The van der Waals surface area contributed by atoms with Gasteiger partial charge in [0.1, 0.15) is 15.9 Å². The summed E-state index contributed by atoms with van der Waals surface area (Å²) < 4.78 is 37.3. The Morgan fingerprint density at radius 1 is 1.08 bits per heavy atom. The predicted octanol–water partition coefficient (Wildman–Crippen LogP) is 4.31. The van der Waals surface area contributed by atoms with Gasteiger partial charge in [0.15, 0.2) is 0 Å². The van der Waals surface area contributed by atoms with Crippen LogP contribution in [0.3, 0.4) is 0 Å². The van der Waals surface area contributed by atoms with Crippen LogP contribution in [0.2, 0.25) is 0 Å². The largest absolute Gasteiger partial charge is 0.245 e. The van der Waals surface area contributed by atoms with Crippen molar-refractivity contribution in [3.8, 4) is 0 Å². The van der Waals surface area contributed by atoms with Crippen LogP contribution in [0.15, 0.2) is 47.4 Å². The number of hydrogen-bond acceptors (Lipinski definition) is 5. The van der Waals surface area contributed by atoms with Gasteiger partial charge in [0, 0.05) is 6.54 Å². The maximum atomic E-state index is 13.6. The molecule has 0 aliphatic carbocycles. The van der Waals surface area contributed by atoms with E-state index in [0.29, 0.717) is 17.6 Å². The Morgan fingerprint density at radius 3 is 2.77 bits per heavy atom. The van der Waals surface area contributed by atoms with Crippen molar-refractivity contribution >= 4 is 32.8 Å². The highest BCUT2D eigenvalue weighted by Crippen LogP contribution is 2.36. The lowest BCUT2D eigenvalue weighted by atomic mass is 10.0. The maximum absolute atomic E-state index is 13.6. The number of benzene rings is 2. The molecule has 136 valence electrons. The summed E-state index contributed by atoms with van der Waals surface area (Å²) in [5, 5.41) is 0. The van der Waals surface area contributed by atoms with E-state index in [4.69, 9.17) is 0 Å². The maximum Gasteiger partial charge on any atom is 0.245 e. The van der Waals surface area contributed by atoms with E-state index in [-0.39, 0.29) is 10.9 Å². The lowest BCUT2D eigenvalue weighted by molar-refractivity contribution is 0.329. The van der Waals surface area contributed by atoms with Crippen LogP contribution in [0, 0.1) is 6.92 Å². The van der Waals surface area contributed by atoms with Crippen LogP contribution in [-0.4, -0.2) is 28.0 Å². The van der Waals surface area contributed by atoms with Crippen molar-refractivity contribution in [1.82, 2.24) is 13.1 Å². The molecular formula is C19H21N3O2S2. The van der Waals surface area contributed by atoms with Crippen LogP contribution in [0.4, 0.5) is 0 Å². The van der Waals surface area contributed by atoms with E-state index in [2.05, 4.69) is 14.8 Å². The van der Waals surface area contributed by atoms with Crippen molar-refractivity contribution in [1.29, 1.82) is 0 Å². The molecular weight excluding hydrogens is 366 g/mol. The van der Waals surface area contributed by atoms with Gasteiger partial charge in [0.05, 0.1) is 17.8 Å². The number of aromatic nitrogens is 2. The second-order valence-electron chi connectivity index (χ2n) is 6.78. The number of fused-ring (bicyclic) bond motifs is 1. The van der Waals surface area contributed by atoms with Crippen LogP contribution >= 0.6 is 11.7 Å². The van der Waals surface area contributed by atoms with Gasteiger partial charge in [-0.3, -0.25) is 0 Å². The van der Waals surface area contributed by atoms with E-state index in [1.807, 2.05) is 25.1 Å². The van der Waals surface area contributed by atoms with Gasteiger partial charge in [-0.2, -0.15) is 13.1 Å². The van der Waals surface area contributed by atoms with Gasteiger partial charge in [-0.05, 0) is 37.5 Å². The molecule has 1 aliphatic heterocycles. The number of rotatable bonds is 3. The van der Waals surface area contributed by atoms with E-state index in [1.54, 1.807) is 22.5 Å². The average molecular weight is 388 g/mol. The van der Waals surface area contributed by atoms with Gasteiger partial charge in [-0.25, -0.2) is 8.42 Å². The zero-order valence-corrected chi connectivity index (χ0v) is 16.3. The highest BCUT2D eigenvalue weighted by molar-refractivity contribution is 7.89. The van der Waals surface area contributed by atoms with Crippen LogP contribution in [0.1, 0.15) is 42.9 Å². The number of nitrogens with zero attached hydrogens (tertiary/aromatic N) is 3. The van der Waals surface area contributed by atoms with Crippen LogP contribution in [0.5, 0.6) is 0 Å². The first-order valence-corrected chi connectivity index (χ1v) is 11.0. The summed E-state index contributed by atoms with van der Waals surface area (Å²) >= 11 is 1.05. The minimum absolute atomic E-state index is 0.135. The van der Waals surface area contributed by atoms with Crippen molar-refractivity contribution in [2.45, 2.75) is 43.5 Å². The molecule has 1 fully saturated rings. The van der Waals surface area contributed by atoms with Crippen molar-refractivity contribution in [3.05, 3.63) is 53.6 Å². The van der Waals surface area contributed by atoms with Crippen LogP contribution in [-0.2, 0) is 10.0 Å².